The van der Waals surface area contributed by atoms with Crippen LogP contribution in [-0.4, -0.2) is 42.8 Å². The molecule has 2 aromatic rings. The molecule has 0 radical (unpaired) electrons. The first-order valence-corrected chi connectivity index (χ1v) is 9.49. The highest BCUT2D eigenvalue weighted by molar-refractivity contribution is 5.89. The number of para-hydroxylation sites is 2. The number of nitriles is 1. The van der Waals surface area contributed by atoms with E-state index in [0.29, 0.717) is 12.8 Å². The van der Waals surface area contributed by atoms with E-state index in [1.165, 1.54) is 13.4 Å². The minimum atomic E-state index is -1.05. The Morgan fingerprint density at radius 1 is 0.903 bits per heavy atom. The summed E-state index contributed by atoms with van der Waals surface area (Å²) in [4.78, 5) is 37.6. The minimum Gasteiger partial charge on any atom is -0.466 e. The number of esters is 1. The quantitative estimate of drug-likeness (QED) is 0.337. The van der Waals surface area contributed by atoms with Gasteiger partial charge >= 0.3 is 18.2 Å². The van der Waals surface area contributed by atoms with E-state index in [1.807, 2.05) is 0 Å². The molecule has 162 valence electrons. The van der Waals surface area contributed by atoms with Gasteiger partial charge in [-0.2, -0.15) is 5.26 Å². The van der Waals surface area contributed by atoms with Crippen LogP contribution in [0.3, 0.4) is 0 Å². The largest absolute Gasteiger partial charge is 0.466 e. The molecule has 0 spiro atoms. The van der Waals surface area contributed by atoms with Gasteiger partial charge in [-0.25, -0.2) is 19.3 Å². The number of carbonyl (C=O) groups is 3. The fourth-order valence-corrected chi connectivity index (χ4v) is 2.57. The molecule has 0 aliphatic rings. The Hall–Kier alpha value is -4.06. The molecule has 2 amide bonds. The zero-order chi connectivity index (χ0) is 22.5. The van der Waals surface area contributed by atoms with Crippen LogP contribution in [0.4, 0.5) is 9.59 Å². The normalized spacial score (nSPS) is 10.8. The Labute approximate surface area is 179 Å². The van der Waals surface area contributed by atoms with Crippen molar-refractivity contribution in [3.63, 3.8) is 0 Å². The summed E-state index contributed by atoms with van der Waals surface area (Å²) in [5.41, 5.74) is 0. The molecule has 2 aromatic carbocycles. The van der Waals surface area contributed by atoms with Crippen molar-refractivity contribution in [3.8, 4) is 17.8 Å². The first-order valence-electron chi connectivity index (χ1n) is 9.49. The van der Waals surface area contributed by atoms with Crippen molar-refractivity contribution in [2.24, 2.45) is 0 Å². The predicted octanol–water partition coefficient (Wildman–Crippen LogP) is 3.90. The molecule has 31 heavy (non-hydrogen) atoms. The van der Waals surface area contributed by atoms with Crippen LogP contribution >= 0.6 is 0 Å². The lowest BCUT2D eigenvalue weighted by atomic mass is 10.1. The number of amides is 2. The van der Waals surface area contributed by atoms with E-state index in [4.69, 9.17) is 14.7 Å². The number of unbranched alkanes of at least 4 members (excludes halogenated alkanes) is 1. The topological polar surface area (TPSA) is 115 Å². The van der Waals surface area contributed by atoms with Gasteiger partial charge in [0.05, 0.1) is 7.11 Å². The van der Waals surface area contributed by atoms with Gasteiger partial charge in [0.1, 0.15) is 11.5 Å². The summed E-state index contributed by atoms with van der Waals surface area (Å²) < 4.78 is 19.8. The second-order valence-electron chi connectivity index (χ2n) is 6.23. The van der Waals surface area contributed by atoms with E-state index in [9.17, 15) is 14.4 Å². The first kappa shape index (κ1) is 23.2. The summed E-state index contributed by atoms with van der Waals surface area (Å²) in [5, 5.41) is 8.64. The van der Waals surface area contributed by atoms with E-state index >= 15 is 0 Å². The van der Waals surface area contributed by atoms with Gasteiger partial charge in [-0.15, -0.1) is 0 Å². The van der Waals surface area contributed by atoms with Gasteiger partial charge in [-0.3, -0.25) is 0 Å². The highest BCUT2D eigenvalue weighted by Gasteiger charge is 2.26. The molecule has 0 saturated carbocycles. The molecule has 1 unspecified atom stereocenters. The zero-order valence-electron chi connectivity index (χ0n) is 16.9. The second kappa shape index (κ2) is 12.5. The highest BCUT2D eigenvalue weighted by Crippen LogP contribution is 2.15. The van der Waals surface area contributed by atoms with Crippen LogP contribution in [0.2, 0.25) is 0 Å². The molecule has 0 fully saturated rings. The molecule has 0 aromatic heterocycles. The molecular formula is C22H22N2O7. The third-order valence-electron chi connectivity index (χ3n) is 4.09. The van der Waals surface area contributed by atoms with Gasteiger partial charge in [0.2, 0.25) is 6.10 Å². The fraction of sp³-hybridized carbons (Fsp3) is 0.273. The number of imide groups is 1. The lowest BCUT2D eigenvalue weighted by molar-refractivity contribution is -0.150. The van der Waals surface area contributed by atoms with E-state index in [0.717, 1.165) is 4.90 Å². The molecule has 0 N–H and O–H groups in total. The Morgan fingerprint density at radius 3 is 1.87 bits per heavy atom. The Bertz CT molecular complexity index is 844. The van der Waals surface area contributed by atoms with Crippen molar-refractivity contribution >= 4 is 18.2 Å². The molecule has 9 heteroatoms. The number of benzene rings is 2. The molecule has 0 heterocycles. The number of rotatable bonds is 9. The lowest BCUT2D eigenvalue weighted by Crippen LogP contribution is -2.41. The van der Waals surface area contributed by atoms with Gasteiger partial charge < -0.3 is 18.9 Å². The van der Waals surface area contributed by atoms with Gasteiger partial charge in [-0.05, 0) is 43.5 Å². The molecule has 9 nitrogen and oxygen atoms in total. The maximum Gasteiger partial charge on any atom is 0.424 e. The predicted molar refractivity (Wildman–Crippen MR) is 108 cm³/mol. The third-order valence-corrected chi connectivity index (χ3v) is 4.09. The number of carbonyl (C=O) groups excluding carboxylic acids is 3. The summed E-state index contributed by atoms with van der Waals surface area (Å²) in [7, 11) is 1.19. The Balaban J connectivity index is 2.01. The SMILES string of the molecule is COC(=O)C(CCCCN(C(=O)Oc1ccccc1)C(=O)Oc1ccccc1)OC#N. The van der Waals surface area contributed by atoms with Crippen molar-refractivity contribution in [2.75, 3.05) is 13.7 Å². The number of nitrogens with zero attached hydrogens (tertiary/aromatic N) is 2. The number of hydrogen-bond acceptors (Lipinski definition) is 8. The number of ether oxygens (including phenoxy) is 4. The summed E-state index contributed by atoms with van der Waals surface area (Å²) >= 11 is 0. The first-order chi connectivity index (χ1) is 15.0. The van der Waals surface area contributed by atoms with Crippen molar-refractivity contribution in [1.82, 2.24) is 4.90 Å². The zero-order valence-corrected chi connectivity index (χ0v) is 16.9. The second-order valence-corrected chi connectivity index (χ2v) is 6.23. The number of methoxy groups -OCH3 is 1. The van der Waals surface area contributed by atoms with Crippen LogP contribution in [0.25, 0.3) is 0 Å². The molecule has 0 aliphatic heterocycles. The van der Waals surface area contributed by atoms with Crippen LogP contribution in [0.5, 0.6) is 11.5 Å². The standard InChI is InChI=1S/C22H22N2O7/c1-28-20(25)19(29-16-23)14-8-9-15-24(21(26)30-17-10-4-2-5-11-17)22(27)31-18-12-6-3-7-13-18/h2-7,10-13,19H,8-9,14-15H2,1H3. The van der Waals surface area contributed by atoms with Crippen LogP contribution in [0.1, 0.15) is 19.3 Å². The van der Waals surface area contributed by atoms with Crippen molar-refractivity contribution in [2.45, 2.75) is 25.4 Å². The molecule has 0 aliphatic carbocycles. The molecule has 2 rings (SSSR count). The monoisotopic (exact) mass is 426 g/mol. The molecule has 0 saturated heterocycles. The highest BCUT2D eigenvalue weighted by atomic mass is 16.6. The van der Waals surface area contributed by atoms with Crippen LogP contribution in [0, 0.1) is 11.5 Å². The van der Waals surface area contributed by atoms with Crippen molar-refractivity contribution in [1.29, 1.82) is 5.26 Å². The summed E-state index contributed by atoms with van der Waals surface area (Å²) in [6.07, 6.45) is -0.516. The van der Waals surface area contributed by atoms with Crippen molar-refractivity contribution < 1.29 is 33.3 Å². The average Bonchev–Trinajstić information content (AvgIpc) is 2.78. The number of hydrogen-bond donors (Lipinski definition) is 0. The van der Waals surface area contributed by atoms with Gasteiger partial charge in [-0.1, -0.05) is 36.4 Å². The summed E-state index contributed by atoms with van der Waals surface area (Å²) in [6, 6.07) is 16.6. The van der Waals surface area contributed by atoms with Crippen LogP contribution in [-0.2, 0) is 14.3 Å². The minimum absolute atomic E-state index is 0.0300. The molecule has 0 bridgehead atoms. The fourth-order valence-electron chi connectivity index (χ4n) is 2.57. The third kappa shape index (κ3) is 7.70. The maximum atomic E-state index is 12.6. The van der Waals surface area contributed by atoms with E-state index in [-0.39, 0.29) is 24.5 Å². The van der Waals surface area contributed by atoms with E-state index < -0.39 is 24.3 Å². The lowest BCUT2D eigenvalue weighted by Gasteiger charge is -2.20. The Morgan fingerprint density at radius 2 is 1.42 bits per heavy atom. The maximum absolute atomic E-state index is 12.6. The molecule has 1 atom stereocenters. The summed E-state index contributed by atoms with van der Waals surface area (Å²) in [6.45, 7) is -0.0300. The van der Waals surface area contributed by atoms with E-state index in [2.05, 4.69) is 9.47 Å². The van der Waals surface area contributed by atoms with Gasteiger partial charge in [0.15, 0.2) is 0 Å². The molecular weight excluding hydrogens is 404 g/mol. The van der Waals surface area contributed by atoms with Gasteiger partial charge in [0.25, 0.3) is 6.26 Å². The van der Waals surface area contributed by atoms with Crippen LogP contribution in [0.15, 0.2) is 60.7 Å². The summed E-state index contributed by atoms with van der Waals surface area (Å²) in [5.74, 6) is -0.123. The van der Waals surface area contributed by atoms with Gasteiger partial charge in [0, 0.05) is 6.54 Å². The smallest absolute Gasteiger partial charge is 0.424 e. The van der Waals surface area contributed by atoms with Crippen LogP contribution < -0.4 is 9.47 Å². The van der Waals surface area contributed by atoms with Crippen molar-refractivity contribution in [3.05, 3.63) is 60.7 Å². The Kier molecular flexibility index (Phi) is 9.36. The van der Waals surface area contributed by atoms with E-state index in [1.54, 1.807) is 60.7 Å². The average molecular weight is 426 g/mol.